The zero-order valence-electron chi connectivity index (χ0n) is 13.4. The fourth-order valence-corrected chi connectivity index (χ4v) is 2.50. The van der Waals surface area contributed by atoms with E-state index < -0.39 is 11.8 Å². The summed E-state index contributed by atoms with van der Waals surface area (Å²) in [5.41, 5.74) is 1.77. The number of hydrogen-bond acceptors (Lipinski definition) is 3. The molecule has 0 aromatic heterocycles. The van der Waals surface area contributed by atoms with E-state index in [2.05, 4.69) is 17.6 Å². The zero-order valence-corrected chi connectivity index (χ0v) is 13.4. The van der Waals surface area contributed by atoms with Crippen LogP contribution in [0, 0.1) is 0 Å². The molecule has 1 aromatic carbocycles. The molecule has 0 bridgehead atoms. The molecule has 124 valence electrons. The zero-order chi connectivity index (χ0) is 16.7. The molecule has 0 atom stereocenters. The van der Waals surface area contributed by atoms with Crippen LogP contribution in [0.5, 0.6) is 0 Å². The van der Waals surface area contributed by atoms with Crippen LogP contribution in [0.25, 0.3) is 0 Å². The molecule has 6 heteroatoms. The van der Waals surface area contributed by atoms with Crippen molar-refractivity contribution in [1.82, 2.24) is 10.2 Å². The van der Waals surface area contributed by atoms with E-state index in [1.807, 2.05) is 12.1 Å². The Balaban J connectivity index is 1.67. The van der Waals surface area contributed by atoms with Crippen molar-refractivity contribution in [2.45, 2.75) is 32.6 Å². The van der Waals surface area contributed by atoms with Crippen LogP contribution in [0.1, 0.15) is 31.7 Å². The summed E-state index contributed by atoms with van der Waals surface area (Å²) in [5.74, 6) is -1.16. The van der Waals surface area contributed by atoms with E-state index in [9.17, 15) is 14.4 Å². The summed E-state index contributed by atoms with van der Waals surface area (Å²) in [4.78, 5) is 36.7. The van der Waals surface area contributed by atoms with Crippen molar-refractivity contribution >= 4 is 23.4 Å². The van der Waals surface area contributed by atoms with E-state index in [0.29, 0.717) is 31.6 Å². The molecule has 1 heterocycles. The predicted octanol–water partition coefficient (Wildman–Crippen LogP) is 1.32. The van der Waals surface area contributed by atoms with E-state index in [4.69, 9.17) is 0 Å². The molecule has 1 aromatic rings. The molecule has 1 saturated heterocycles. The Hall–Kier alpha value is -2.37. The van der Waals surface area contributed by atoms with Gasteiger partial charge in [-0.15, -0.1) is 0 Å². The van der Waals surface area contributed by atoms with Gasteiger partial charge >= 0.3 is 11.8 Å². The molecule has 0 saturated carbocycles. The van der Waals surface area contributed by atoms with Gasteiger partial charge in [0.05, 0.1) is 0 Å². The molecular weight excluding hydrogens is 294 g/mol. The number of carbonyl (C=O) groups is 3. The second kappa shape index (κ2) is 8.31. The van der Waals surface area contributed by atoms with Gasteiger partial charge < -0.3 is 15.5 Å². The molecular formula is C17H23N3O3. The quantitative estimate of drug-likeness (QED) is 0.613. The third kappa shape index (κ3) is 5.09. The number of anilines is 1. The summed E-state index contributed by atoms with van der Waals surface area (Å²) >= 11 is 0. The standard InChI is InChI=1S/C17H23N3O3/c1-2-13-6-8-14(9-7-13)19-17(23)16(22)18-10-4-12-20-11-3-5-15(20)21/h6-9H,2-5,10-12H2,1H3,(H,18,22)(H,19,23). The van der Waals surface area contributed by atoms with Gasteiger partial charge in [0.15, 0.2) is 0 Å². The minimum atomic E-state index is -0.675. The van der Waals surface area contributed by atoms with Crippen LogP contribution in [0.3, 0.4) is 0 Å². The highest BCUT2D eigenvalue weighted by molar-refractivity contribution is 6.39. The second-order valence-electron chi connectivity index (χ2n) is 5.60. The summed E-state index contributed by atoms with van der Waals surface area (Å²) in [5, 5.41) is 5.14. The van der Waals surface area contributed by atoms with Crippen molar-refractivity contribution in [2.24, 2.45) is 0 Å². The number of hydrogen-bond donors (Lipinski definition) is 2. The van der Waals surface area contributed by atoms with Crippen LogP contribution >= 0.6 is 0 Å². The highest BCUT2D eigenvalue weighted by Crippen LogP contribution is 2.10. The summed E-state index contributed by atoms with van der Waals surface area (Å²) in [7, 11) is 0. The first-order valence-electron chi connectivity index (χ1n) is 8.06. The number of amides is 3. The normalized spacial score (nSPS) is 14.0. The van der Waals surface area contributed by atoms with Crippen LogP contribution in [-0.4, -0.2) is 42.3 Å². The van der Waals surface area contributed by atoms with Gasteiger partial charge in [0, 0.05) is 31.7 Å². The largest absolute Gasteiger partial charge is 0.348 e. The first-order chi connectivity index (χ1) is 11.1. The van der Waals surface area contributed by atoms with E-state index in [1.165, 1.54) is 5.56 Å². The van der Waals surface area contributed by atoms with Gasteiger partial charge in [0.2, 0.25) is 5.91 Å². The van der Waals surface area contributed by atoms with Crippen molar-refractivity contribution in [3.8, 4) is 0 Å². The lowest BCUT2D eigenvalue weighted by molar-refractivity contribution is -0.136. The minimum Gasteiger partial charge on any atom is -0.348 e. The molecule has 6 nitrogen and oxygen atoms in total. The van der Waals surface area contributed by atoms with Crippen LogP contribution in [-0.2, 0) is 20.8 Å². The average molecular weight is 317 g/mol. The molecule has 0 unspecified atom stereocenters. The Morgan fingerprint density at radius 2 is 1.91 bits per heavy atom. The Kier molecular flexibility index (Phi) is 6.14. The highest BCUT2D eigenvalue weighted by Gasteiger charge is 2.19. The fraction of sp³-hybridized carbons (Fsp3) is 0.471. The summed E-state index contributed by atoms with van der Waals surface area (Å²) < 4.78 is 0. The lowest BCUT2D eigenvalue weighted by Crippen LogP contribution is -2.37. The molecule has 3 amide bonds. The Labute approximate surface area is 136 Å². The van der Waals surface area contributed by atoms with Crippen LogP contribution in [0.15, 0.2) is 24.3 Å². The number of nitrogens with one attached hydrogen (secondary N) is 2. The van der Waals surface area contributed by atoms with Gasteiger partial charge in [-0.3, -0.25) is 14.4 Å². The molecule has 2 rings (SSSR count). The smallest absolute Gasteiger partial charge is 0.313 e. The van der Waals surface area contributed by atoms with Crippen LogP contribution in [0.4, 0.5) is 5.69 Å². The van der Waals surface area contributed by atoms with E-state index in [0.717, 1.165) is 19.4 Å². The van der Waals surface area contributed by atoms with Gasteiger partial charge in [-0.05, 0) is 37.0 Å². The third-order valence-corrected chi connectivity index (χ3v) is 3.89. The number of nitrogens with zero attached hydrogens (tertiary/aromatic N) is 1. The van der Waals surface area contributed by atoms with Crippen LogP contribution < -0.4 is 10.6 Å². The maximum Gasteiger partial charge on any atom is 0.313 e. The van der Waals surface area contributed by atoms with Crippen molar-refractivity contribution in [3.63, 3.8) is 0 Å². The molecule has 1 aliphatic heterocycles. The second-order valence-corrected chi connectivity index (χ2v) is 5.60. The van der Waals surface area contributed by atoms with E-state index >= 15 is 0 Å². The van der Waals surface area contributed by atoms with Crippen molar-refractivity contribution < 1.29 is 14.4 Å². The molecule has 0 spiro atoms. The third-order valence-electron chi connectivity index (χ3n) is 3.89. The van der Waals surface area contributed by atoms with Gasteiger partial charge in [-0.25, -0.2) is 0 Å². The topological polar surface area (TPSA) is 78.5 Å². The molecule has 0 aliphatic carbocycles. The number of aryl methyl sites for hydroxylation is 1. The number of likely N-dealkylation sites (tertiary alicyclic amines) is 1. The minimum absolute atomic E-state index is 0.171. The average Bonchev–Trinajstić information content (AvgIpc) is 2.97. The van der Waals surface area contributed by atoms with Gasteiger partial charge in [-0.2, -0.15) is 0 Å². The number of benzene rings is 1. The van der Waals surface area contributed by atoms with E-state index in [-0.39, 0.29) is 5.91 Å². The molecule has 1 aliphatic rings. The highest BCUT2D eigenvalue weighted by atomic mass is 16.2. The van der Waals surface area contributed by atoms with Gasteiger partial charge in [0.1, 0.15) is 0 Å². The van der Waals surface area contributed by atoms with Crippen molar-refractivity contribution in [1.29, 1.82) is 0 Å². The summed E-state index contributed by atoms with van der Waals surface area (Å²) in [6.07, 6.45) is 3.10. The SMILES string of the molecule is CCc1ccc(NC(=O)C(=O)NCCCN2CCCC2=O)cc1. The lowest BCUT2D eigenvalue weighted by atomic mass is 10.1. The Bertz CT molecular complexity index is 569. The molecule has 2 N–H and O–H groups in total. The fourth-order valence-electron chi connectivity index (χ4n) is 2.50. The number of carbonyl (C=O) groups excluding carboxylic acids is 3. The van der Waals surface area contributed by atoms with Gasteiger partial charge in [0.25, 0.3) is 0 Å². The first kappa shape index (κ1) is 17.0. The Morgan fingerprint density at radius 1 is 1.17 bits per heavy atom. The molecule has 23 heavy (non-hydrogen) atoms. The molecule has 1 fully saturated rings. The van der Waals surface area contributed by atoms with Crippen molar-refractivity contribution in [2.75, 3.05) is 25.0 Å². The Morgan fingerprint density at radius 3 is 2.52 bits per heavy atom. The summed E-state index contributed by atoms with van der Waals surface area (Å²) in [6, 6.07) is 7.40. The lowest BCUT2D eigenvalue weighted by Gasteiger charge is -2.15. The van der Waals surface area contributed by atoms with E-state index in [1.54, 1.807) is 17.0 Å². The maximum atomic E-state index is 11.8. The molecule has 0 radical (unpaired) electrons. The maximum absolute atomic E-state index is 11.8. The first-order valence-corrected chi connectivity index (χ1v) is 8.06. The summed E-state index contributed by atoms with van der Waals surface area (Å²) in [6.45, 7) is 3.85. The van der Waals surface area contributed by atoms with Crippen LogP contribution in [0.2, 0.25) is 0 Å². The van der Waals surface area contributed by atoms with Gasteiger partial charge in [-0.1, -0.05) is 19.1 Å². The predicted molar refractivity (Wildman–Crippen MR) is 87.9 cm³/mol. The monoisotopic (exact) mass is 317 g/mol. The number of rotatable bonds is 6. The van der Waals surface area contributed by atoms with Crippen molar-refractivity contribution in [3.05, 3.63) is 29.8 Å².